The molecule has 1 unspecified atom stereocenters. The second kappa shape index (κ2) is 13.3. The number of para-hydroxylation sites is 1. The number of benzene rings is 2. The molecule has 0 saturated carbocycles. The summed E-state index contributed by atoms with van der Waals surface area (Å²) in [6.45, 7) is 6.18. The molecule has 1 N–H and O–H groups in total. The van der Waals surface area contributed by atoms with E-state index >= 15 is 0 Å². The van der Waals surface area contributed by atoms with Gasteiger partial charge in [0.15, 0.2) is 0 Å². The van der Waals surface area contributed by atoms with E-state index in [1.165, 1.54) is 19.0 Å². The van der Waals surface area contributed by atoms with Crippen LogP contribution in [0.25, 0.3) is 0 Å². The number of amides is 2. The Balaban J connectivity index is 2.42. The van der Waals surface area contributed by atoms with Crippen LogP contribution in [0.3, 0.4) is 0 Å². The Morgan fingerprint density at radius 1 is 0.971 bits per heavy atom. The summed E-state index contributed by atoms with van der Waals surface area (Å²) in [5, 5.41) is 2.93. The number of hydrogen-bond acceptors (Lipinski definition) is 4. The van der Waals surface area contributed by atoms with Crippen LogP contribution in [0.1, 0.15) is 44.2 Å². The number of rotatable bonds is 13. The van der Waals surface area contributed by atoms with Gasteiger partial charge in [-0.05, 0) is 37.5 Å². The zero-order valence-corrected chi connectivity index (χ0v) is 22.2. The molecule has 0 aromatic heterocycles. The topological polar surface area (TPSA) is 90.0 Å². The van der Waals surface area contributed by atoms with Crippen LogP contribution in [-0.4, -0.2) is 62.7 Å². The molecule has 0 bridgehead atoms. The van der Waals surface area contributed by atoms with E-state index in [1.54, 1.807) is 30.3 Å². The van der Waals surface area contributed by atoms with E-state index in [9.17, 15) is 18.0 Å². The van der Waals surface area contributed by atoms with Crippen LogP contribution in [0.4, 0.5) is 5.69 Å². The third-order valence-electron chi connectivity index (χ3n) is 5.75. The molecule has 0 aliphatic rings. The van der Waals surface area contributed by atoms with Crippen molar-refractivity contribution in [2.75, 3.05) is 31.5 Å². The van der Waals surface area contributed by atoms with Crippen molar-refractivity contribution in [1.29, 1.82) is 0 Å². The lowest BCUT2D eigenvalue weighted by Crippen LogP contribution is -2.53. The molecule has 0 fully saturated rings. The second-order valence-electron chi connectivity index (χ2n) is 8.71. The summed E-state index contributed by atoms with van der Waals surface area (Å²) in [4.78, 5) is 28.3. The molecule has 0 aliphatic heterocycles. The first-order chi connectivity index (χ1) is 16.6. The van der Waals surface area contributed by atoms with Crippen molar-refractivity contribution in [3.05, 3.63) is 65.7 Å². The summed E-state index contributed by atoms with van der Waals surface area (Å²) in [5.74, 6) is -0.680. The van der Waals surface area contributed by atoms with E-state index in [1.807, 2.05) is 45.0 Å². The fourth-order valence-electron chi connectivity index (χ4n) is 3.63. The molecule has 0 heterocycles. The first-order valence-electron chi connectivity index (χ1n) is 12.0. The molecular weight excluding hydrogens is 464 g/mol. The lowest BCUT2D eigenvalue weighted by atomic mass is 10.1. The first kappa shape index (κ1) is 28.3. The van der Waals surface area contributed by atoms with Crippen LogP contribution in [0.2, 0.25) is 0 Å². The number of nitrogens with one attached hydrogen (secondary N) is 1. The summed E-state index contributed by atoms with van der Waals surface area (Å²) in [7, 11) is -1.10. The minimum Gasteiger partial charge on any atom is -0.354 e. The number of anilines is 1. The number of carbonyl (C=O) groups is 2. The van der Waals surface area contributed by atoms with Crippen LogP contribution < -0.4 is 9.62 Å². The highest BCUT2D eigenvalue weighted by Gasteiger charge is 2.33. The van der Waals surface area contributed by atoms with Crippen molar-refractivity contribution in [3.8, 4) is 0 Å². The van der Waals surface area contributed by atoms with Gasteiger partial charge in [0.05, 0.1) is 5.69 Å². The Kier molecular flexibility index (Phi) is 10.7. The number of aryl methyl sites for hydroxylation is 1. The molecule has 1 atom stereocenters. The van der Waals surface area contributed by atoms with E-state index < -0.39 is 28.7 Å². The van der Waals surface area contributed by atoms with Crippen molar-refractivity contribution in [1.82, 2.24) is 14.5 Å². The van der Waals surface area contributed by atoms with Crippen molar-refractivity contribution in [3.63, 3.8) is 0 Å². The average Bonchev–Trinajstić information content (AvgIpc) is 2.84. The average molecular weight is 503 g/mol. The number of carbonyl (C=O) groups excluding carboxylic acids is 2. The summed E-state index contributed by atoms with van der Waals surface area (Å²) >= 11 is 0. The van der Waals surface area contributed by atoms with Gasteiger partial charge in [0, 0.05) is 27.2 Å². The Labute approximate surface area is 210 Å². The fourth-order valence-corrected chi connectivity index (χ4v) is 4.68. The van der Waals surface area contributed by atoms with Crippen molar-refractivity contribution in [2.45, 2.75) is 52.6 Å². The summed E-state index contributed by atoms with van der Waals surface area (Å²) in [6.07, 6.45) is 2.19. The maximum Gasteiger partial charge on any atom is 0.304 e. The Morgan fingerprint density at radius 2 is 1.60 bits per heavy atom. The Hall–Kier alpha value is -2.91. The largest absolute Gasteiger partial charge is 0.354 e. The zero-order chi connectivity index (χ0) is 26.0. The fraction of sp³-hybridized carbons (Fsp3) is 0.462. The summed E-state index contributed by atoms with van der Waals surface area (Å²) in [5.41, 5.74) is 2.33. The minimum atomic E-state index is -3.95. The predicted octanol–water partition coefficient (Wildman–Crippen LogP) is 3.33. The van der Waals surface area contributed by atoms with Crippen LogP contribution in [0.15, 0.2) is 54.6 Å². The smallest absolute Gasteiger partial charge is 0.304 e. The van der Waals surface area contributed by atoms with Gasteiger partial charge in [-0.25, -0.2) is 4.31 Å². The molecule has 0 radical (unpaired) electrons. The highest BCUT2D eigenvalue weighted by molar-refractivity contribution is 7.90. The van der Waals surface area contributed by atoms with E-state index in [0.29, 0.717) is 18.7 Å². The van der Waals surface area contributed by atoms with Crippen LogP contribution in [-0.2, 0) is 26.3 Å². The Bertz CT molecular complexity index is 1060. The highest BCUT2D eigenvalue weighted by atomic mass is 32.2. The maximum atomic E-state index is 13.7. The van der Waals surface area contributed by atoms with Crippen LogP contribution in [0, 0.1) is 6.92 Å². The quantitative estimate of drug-likeness (QED) is 0.426. The van der Waals surface area contributed by atoms with E-state index in [-0.39, 0.29) is 12.5 Å². The van der Waals surface area contributed by atoms with Gasteiger partial charge in [-0.1, -0.05) is 68.3 Å². The third kappa shape index (κ3) is 7.80. The molecule has 8 nitrogen and oxygen atoms in total. The molecule has 2 aromatic rings. The van der Waals surface area contributed by atoms with Gasteiger partial charge in [-0.2, -0.15) is 12.7 Å². The first-order valence-corrected chi connectivity index (χ1v) is 13.4. The molecule has 9 heteroatoms. The SMILES string of the molecule is CCCCNC(=O)C(CC)N(Cc1ccc(C)cc1)C(=O)CN(c1ccccc1)S(=O)(=O)N(C)C. The van der Waals surface area contributed by atoms with Gasteiger partial charge >= 0.3 is 10.2 Å². The number of nitrogens with zero attached hydrogens (tertiary/aromatic N) is 3. The number of hydrogen-bond donors (Lipinski definition) is 1. The molecule has 35 heavy (non-hydrogen) atoms. The monoisotopic (exact) mass is 502 g/mol. The summed E-state index contributed by atoms with van der Waals surface area (Å²) < 4.78 is 28.4. The standard InChI is InChI=1S/C26H38N4O4S/c1-6-8-18-27-26(32)24(7-2)29(19-22-16-14-21(3)15-17-22)25(31)20-30(35(33,34)28(4)5)23-12-10-9-11-13-23/h9-17,24H,6-8,18-20H2,1-5H3,(H,27,32). The van der Waals surface area contributed by atoms with E-state index in [2.05, 4.69) is 5.32 Å². The van der Waals surface area contributed by atoms with Gasteiger partial charge in [-0.15, -0.1) is 0 Å². The lowest BCUT2D eigenvalue weighted by Gasteiger charge is -2.34. The molecule has 2 aromatic carbocycles. The normalized spacial score (nSPS) is 12.3. The molecule has 2 amide bonds. The summed E-state index contributed by atoms with van der Waals surface area (Å²) in [6, 6.07) is 15.5. The van der Waals surface area contributed by atoms with Gasteiger partial charge in [0.25, 0.3) is 0 Å². The maximum absolute atomic E-state index is 13.7. The van der Waals surface area contributed by atoms with Gasteiger partial charge in [0.1, 0.15) is 12.6 Å². The zero-order valence-electron chi connectivity index (χ0n) is 21.4. The molecule has 0 saturated heterocycles. The molecular formula is C26H38N4O4S. The highest BCUT2D eigenvalue weighted by Crippen LogP contribution is 2.21. The van der Waals surface area contributed by atoms with Gasteiger partial charge in [-0.3, -0.25) is 9.59 Å². The van der Waals surface area contributed by atoms with Gasteiger partial charge < -0.3 is 10.2 Å². The third-order valence-corrected chi connectivity index (χ3v) is 7.57. The second-order valence-corrected chi connectivity index (χ2v) is 10.8. The van der Waals surface area contributed by atoms with Crippen LogP contribution in [0.5, 0.6) is 0 Å². The van der Waals surface area contributed by atoms with Crippen LogP contribution >= 0.6 is 0 Å². The molecule has 2 rings (SSSR count). The van der Waals surface area contributed by atoms with E-state index in [0.717, 1.165) is 32.6 Å². The minimum absolute atomic E-state index is 0.198. The van der Waals surface area contributed by atoms with Crippen molar-refractivity contribution < 1.29 is 18.0 Å². The molecule has 0 spiro atoms. The van der Waals surface area contributed by atoms with Crippen molar-refractivity contribution >= 4 is 27.7 Å². The molecule has 192 valence electrons. The number of unbranched alkanes of at least 4 members (excludes halogenated alkanes) is 1. The van der Waals surface area contributed by atoms with Crippen molar-refractivity contribution in [2.24, 2.45) is 0 Å². The predicted molar refractivity (Wildman–Crippen MR) is 140 cm³/mol. The Morgan fingerprint density at radius 3 is 2.14 bits per heavy atom. The lowest BCUT2D eigenvalue weighted by molar-refractivity contribution is -0.140. The van der Waals surface area contributed by atoms with Gasteiger partial charge in [0.2, 0.25) is 11.8 Å². The molecule has 0 aliphatic carbocycles. The van der Waals surface area contributed by atoms with E-state index in [4.69, 9.17) is 0 Å².